The quantitative estimate of drug-likeness (QED) is 0.220. The van der Waals surface area contributed by atoms with Gasteiger partial charge in [-0.25, -0.2) is 0 Å². The molecular weight excluding hydrogens is 516 g/mol. The van der Waals surface area contributed by atoms with Gasteiger partial charge in [0.25, 0.3) is 0 Å². The summed E-state index contributed by atoms with van der Waals surface area (Å²) in [5.74, 6) is 0.505. The second kappa shape index (κ2) is 7.46. The molecule has 2 aromatic rings. The second-order valence-electron chi connectivity index (χ2n) is 18.9. The van der Waals surface area contributed by atoms with E-state index < -0.39 is 0 Å². The van der Waals surface area contributed by atoms with Gasteiger partial charge in [0.05, 0.1) is 11.4 Å². The summed E-state index contributed by atoms with van der Waals surface area (Å²) >= 11 is 0. The van der Waals surface area contributed by atoms with Crippen LogP contribution in [0.15, 0.2) is 24.3 Å². The summed E-state index contributed by atoms with van der Waals surface area (Å²) in [5, 5.41) is 21.2. The lowest BCUT2D eigenvalue weighted by molar-refractivity contribution is -0.275. The minimum absolute atomic E-state index is 0.114. The van der Waals surface area contributed by atoms with Crippen molar-refractivity contribution in [2.75, 3.05) is 11.5 Å². The maximum Gasteiger partial charge on any atom is 0.141 e. The van der Waals surface area contributed by atoms with Crippen LogP contribution in [-0.2, 0) is 10.8 Å². The zero-order valence-electron chi connectivity index (χ0n) is 26.8. The highest BCUT2D eigenvalue weighted by molar-refractivity contribution is 5.60. The van der Waals surface area contributed by atoms with Crippen molar-refractivity contribution in [2.24, 2.45) is 32.5 Å². The van der Waals surface area contributed by atoms with Crippen molar-refractivity contribution in [3.8, 4) is 11.5 Å². The van der Waals surface area contributed by atoms with E-state index in [-0.39, 0.29) is 22.3 Å². The van der Waals surface area contributed by atoms with Crippen LogP contribution in [0.3, 0.4) is 0 Å². The van der Waals surface area contributed by atoms with Gasteiger partial charge in [0.2, 0.25) is 0 Å². The zero-order chi connectivity index (χ0) is 29.9. The fourth-order valence-corrected chi connectivity index (χ4v) is 15.4. The first-order chi connectivity index (χ1) is 19.4. The minimum Gasteiger partial charge on any atom is -0.506 e. The summed E-state index contributed by atoms with van der Waals surface area (Å²) in [5.41, 5.74) is 20.7. The molecular formula is C38H52N2O2. The fourth-order valence-electron chi connectivity index (χ4n) is 15.4. The number of hydrogen-bond donors (Lipinski definition) is 4. The average molecular weight is 569 g/mol. The molecule has 4 atom stereocenters. The molecule has 0 radical (unpaired) electrons. The van der Waals surface area contributed by atoms with Crippen LogP contribution in [0.2, 0.25) is 0 Å². The molecule has 4 nitrogen and oxygen atoms in total. The molecule has 0 saturated heterocycles. The van der Waals surface area contributed by atoms with E-state index >= 15 is 0 Å². The van der Waals surface area contributed by atoms with Gasteiger partial charge in [0.15, 0.2) is 0 Å². The van der Waals surface area contributed by atoms with Crippen LogP contribution in [0.25, 0.3) is 0 Å². The molecule has 8 aliphatic carbocycles. The van der Waals surface area contributed by atoms with Crippen molar-refractivity contribution in [3.63, 3.8) is 0 Å². The van der Waals surface area contributed by atoms with Gasteiger partial charge in [0, 0.05) is 0 Å². The van der Waals surface area contributed by atoms with E-state index in [0.29, 0.717) is 43.9 Å². The van der Waals surface area contributed by atoms with E-state index in [0.717, 1.165) is 11.1 Å². The summed E-state index contributed by atoms with van der Waals surface area (Å²) < 4.78 is 0. The lowest BCUT2D eigenvalue weighted by atomic mass is 9.24. The number of rotatable bonds is 3. The monoisotopic (exact) mass is 568 g/mol. The van der Waals surface area contributed by atoms with Gasteiger partial charge in [0.1, 0.15) is 11.5 Å². The number of anilines is 2. The summed E-state index contributed by atoms with van der Waals surface area (Å²) in [7, 11) is 0. The molecule has 8 saturated carbocycles. The first-order valence-corrected chi connectivity index (χ1v) is 16.6. The van der Waals surface area contributed by atoms with Gasteiger partial charge in [-0.3, -0.25) is 0 Å². The van der Waals surface area contributed by atoms with Crippen LogP contribution in [0.5, 0.6) is 11.5 Å². The second-order valence-corrected chi connectivity index (χ2v) is 18.9. The van der Waals surface area contributed by atoms with E-state index in [1.54, 1.807) is 0 Å². The summed E-state index contributed by atoms with van der Waals surface area (Å²) in [6.45, 7) is 14.5. The predicted molar refractivity (Wildman–Crippen MR) is 171 cm³/mol. The number of phenols is 2. The van der Waals surface area contributed by atoms with Crippen molar-refractivity contribution < 1.29 is 10.2 Å². The number of aromatic hydroxyl groups is 2. The van der Waals surface area contributed by atoms with Crippen LogP contribution in [0.1, 0.15) is 127 Å². The molecule has 10 rings (SSSR count). The van der Waals surface area contributed by atoms with Crippen molar-refractivity contribution in [1.82, 2.24) is 0 Å². The molecule has 6 N–H and O–H groups in total. The molecule has 42 heavy (non-hydrogen) atoms. The third-order valence-electron chi connectivity index (χ3n) is 14.2. The number of nitrogen functional groups attached to an aromatic ring is 2. The lowest BCUT2D eigenvalue weighted by Gasteiger charge is -2.80. The van der Waals surface area contributed by atoms with Crippen molar-refractivity contribution in [1.29, 1.82) is 0 Å². The highest BCUT2D eigenvalue weighted by Gasteiger charge is 2.76. The van der Waals surface area contributed by atoms with E-state index in [9.17, 15) is 10.2 Å². The first kappa shape index (κ1) is 27.2. The smallest absolute Gasteiger partial charge is 0.141 e. The molecule has 4 unspecified atom stereocenters. The van der Waals surface area contributed by atoms with Crippen molar-refractivity contribution in [3.05, 3.63) is 46.5 Å². The lowest BCUT2D eigenvalue weighted by Crippen LogP contribution is -2.71. The zero-order valence-corrected chi connectivity index (χ0v) is 26.8. The molecule has 8 aliphatic rings. The Bertz CT molecular complexity index is 1360. The molecule has 8 bridgehead atoms. The van der Waals surface area contributed by atoms with Gasteiger partial charge in [-0.05, 0) is 169 Å². The summed E-state index contributed by atoms with van der Waals surface area (Å²) in [4.78, 5) is 0. The maximum atomic E-state index is 10.6. The third-order valence-corrected chi connectivity index (χ3v) is 14.2. The number of phenolic OH excluding ortho intramolecular Hbond substituents is 2. The van der Waals surface area contributed by atoms with Gasteiger partial charge in [-0.2, -0.15) is 0 Å². The first-order valence-electron chi connectivity index (χ1n) is 16.6. The molecule has 8 fully saturated rings. The van der Waals surface area contributed by atoms with Crippen LogP contribution >= 0.6 is 0 Å². The molecule has 0 spiro atoms. The van der Waals surface area contributed by atoms with Gasteiger partial charge < -0.3 is 21.7 Å². The average Bonchev–Trinajstić information content (AvgIpc) is 2.80. The SMILES string of the molecule is Cc1cc(C23CC4(C)CC(C)(C2)CC(C25CC6(C)CC(C)(CC(c7cc(C)c(O)c(N)c7)(C6)C2)C5)(C4)C3)cc(N)c1O. The topological polar surface area (TPSA) is 92.5 Å². The Balaban J connectivity index is 1.32. The molecule has 0 aliphatic heterocycles. The third kappa shape index (κ3) is 3.36. The largest absolute Gasteiger partial charge is 0.506 e. The van der Waals surface area contributed by atoms with E-state index in [1.165, 1.54) is 88.2 Å². The van der Waals surface area contributed by atoms with Gasteiger partial charge in [-0.15, -0.1) is 0 Å². The van der Waals surface area contributed by atoms with Crippen molar-refractivity contribution >= 4 is 11.4 Å². The minimum atomic E-state index is 0.114. The molecule has 4 heteroatoms. The Labute approximate surface area is 252 Å². The Kier molecular flexibility index (Phi) is 4.84. The highest BCUT2D eigenvalue weighted by Crippen LogP contribution is 2.85. The molecule has 2 aromatic carbocycles. The fraction of sp³-hybridized carbons (Fsp3) is 0.684. The van der Waals surface area contributed by atoms with Crippen LogP contribution in [0, 0.1) is 46.3 Å². The van der Waals surface area contributed by atoms with Gasteiger partial charge in [-0.1, -0.05) is 39.8 Å². The number of nitrogens with two attached hydrogens (primary N) is 2. The van der Waals surface area contributed by atoms with Crippen molar-refractivity contribution in [2.45, 2.75) is 129 Å². The summed E-state index contributed by atoms with van der Waals surface area (Å²) in [6.07, 6.45) is 15.5. The van der Waals surface area contributed by atoms with E-state index in [1.807, 2.05) is 13.8 Å². The Hall–Kier alpha value is -2.36. The molecule has 0 amide bonds. The van der Waals surface area contributed by atoms with E-state index in [4.69, 9.17) is 11.5 Å². The molecule has 0 aromatic heterocycles. The number of benzene rings is 2. The Morgan fingerprint density at radius 1 is 0.476 bits per heavy atom. The molecule has 226 valence electrons. The Morgan fingerprint density at radius 3 is 1.07 bits per heavy atom. The van der Waals surface area contributed by atoms with E-state index in [2.05, 4.69) is 52.0 Å². The maximum absolute atomic E-state index is 10.6. The van der Waals surface area contributed by atoms with Crippen LogP contribution in [-0.4, -0.2) is 10.2 Å². The van der Waals surface area contributed by atoms with Gasteiger partial charge >= 0.3 is 0 Å². The summed E-state index contributed by atoms with van der Waals surface area (Å²) in [6, 6.07) is 8.85. The molecule has 0 heterocycles. The highest BCUT2D eigenvalue weighted by atomic mass is 16.3. The predicted octanol–water partition coefficient (Wildman–Crippen LogP) is 8.82. The van der Waals surface area contributed by atoms with Crippen LogP contribution < -0.4 is 11.5 Å². The number of hydrogen-bond acceptors (Lipinski definition) is 4. The standard InChI is InChI=1S/C38H52N2O2/c1-23-7-25(9-27(39)29(23)41)35-13-31(3)11-32(4,14-35)18-37(17-31,21-35)38-19-33(5)12-34(6,20-38)16-36(15-33,22-38)26-8-24(2)30(42)28(40)10-26/h7-10,41-42H,11-22,39-40H2,1-6H3. The Morgan fingerprint density at radius 2 is 0.786 bits per heavy atom. The van der Waals surface area contributed by atoms with Crippen LogP contribution in [0.4, 0.5) is 11.4 Å². The normalized spacial score (nSPS) is 48.2. The number of aryl methyl sites for hydroxylation is 2.